The Balaban J connectivity index is 1.96. The molecule has 0 saturated carbocycles. The van der Waals surface area contributed by atoms with Crippen LogP contribution in [0.3, 0.4) is 0 Å². The van der Waals surface area contributed by atoms with Gasteiger partial charge in [-0.3, -0.25) is 0 Å². The lowest BCUT2D eigenvalue weighted by molar-refractivity contribution is 0.126. The second-order valence-corrected chi connectivity index (χ2v) is 4.85. The summed E-state index contributed by atoms with van der Waals surface area (Å²) in [5.74, 6) is 0.952. The zero-order chi connectivity index (χ0) is 14.7. The zero-order valence-corrected chi connectivity index (χ0v) is 12.2. The Labute approximate surface area is 123 Å². The van der Waals surface area contributed by atoms with E-state index in [1.165, 1.54) is 0 Å². The third-order valence-corrected chi connectivity index (χ3v) is 3.41. The summed E-state index contributed by atoms with van der Waals surface area (Å²) >= 11 is 0. The number of fused-ring (bicyclic) bond motifs is 1. The minimum atomic E-state index is 0.481. The van der Waals surface area contributed by atoms with Gasteiger partial charge in [0, 0.05) is 37.8 Å². The molecule has 3 rings (SSSR count). The molecule has 1 aromatic carbocycles. The second kappa shape index (κ2) is 6.11. The average Bonchev–Trinajstić information content (AvgIpc) is 3.11. The largest absolute Gasteiger partial charge is 0.464 e. The van der Waals surface area contributed by atoms with Crippen LogP contribution in [-0.2, 0) is 22.6 Å². The van der Waals surface area contributed by atoms with Crippen molar-refractivity contribution < 1.29 is 13.9 Å². The number of hydrogen-bond acceptors (Lipinski definition) is 4. The Kier molecular flexibility index (Phi) is 4.03. The van der Waals surface area contributed by atoms with Crippen molar-refractivity contribution in [2.75, 3.05) is 20.8 Å². The maximum atomic E-state index is 5.45. The van der Waals surface area contributed by atoms with Crippen LogP contribution in [-0.4, -0.2) is 30.4 Å². The number of methoxy groups -OCH3 is 2. The fraction of sp³-hybridized carbons (Fsp3) is 0.312. The van der Waals surface area contributed by atoms with Crippen molar-refractivity contribution in [3.8, 4) is 11.3 Å². The smallest absolute Gasteiger partial charge is 0.134 e. The van der Waals surface area contributed by atoms with Crippen LogP contribution in [0.5, 0.6) is 0 Å². The van der Waals surface area contributed by atoms with Gasteiger partial charge in [-0.1, -0.05) is 12.1 Å². The van der Waals surface area contributed by atoms with Gasteiger partial charge >= 0.3 is 0 Å². The zero-order valence-electron chi connectivity index (χ0n) is 12.2. The molecule has 5 nitrogen and oxygen atoms in total. The van der Waals surface area contributed by atoms with E-state index in [9.17, 15) is 0 Å². The lowest BCUT2D eigenvalue weighted by atomic mass is 10.1. The topological polar surface area (TPSA) is 49.4 Å². The molecule has 2 aromatic heterocycles. The van der Waals surface area contributed by atoms with E-state index in [1.54, 1.807) is 20.5 Å². The summed E-state index contributed by atoms with van der Waals surface area (Å²) in [7, 11) is 3.37. The standard InChI is InChI=1S/C16H18N2O3/c1-19-7-6-16-17-14(10-18(16)11-20-2)13-4-3-12-5-8-21-15(12)9-13/h3-5,8-10H,6-7,11H2,1-2H3. The number of imidazole rings is 1. The van der Waals surface area contributed by atoms with E-state index in [1.807, 2.05) is 29.0 Å². The molecule has 5 heteroatoms. The van der Waals surface area contributed by atoms with Gasteiger partial charge in [-0.25, -0.2) is 4.98 Å². The van der Waals surface area contributed by atoms with Crippen LogP contribution in [0.2, 0.25) is 0 Å². The molecular formula is C16H18N2O3. The van der Waals surface area contributed by atoms with Gasteiger partial charge in [0.2, 0.25) is 0 Å². The number of aromatic nitrogens is 2. The van der Waals surface area contributed by atoms with Crippen molar-refractivity contribution in [1.29, 1.82) is 0 Å². The van der Waals surface area contributed by atoms with Crippen molar-refractivity contribution in [1.82, 2.24) is 9.55 Å². The molecular weight excluding hydrogens is 268 g/mol. The minimum absolute atomic E-state index is 0.481. The highest BCUT2D eigenvalue weighted by Crippen LogP contribution is 2.25. The van der Waals surface area contributed by atoms with Crippen molar-refractivity contribution in [3.63, 3.8) is 0 Å². The predicted octanol–water partition coefficient (Wildman–Crippen LogP) is 3.09. The molecule has 0 spiro atoms. The van der Waals surface area contributed by atoms with Crippen LogP contribution < -0.4 is 0 Å². The number of furan rings is 1. The van der Waals surface area contributed by atoms with E-state index < -0.39 is 0 Å². The van der Waals surface area contributed by atoms with Crippen LogP contribution in [0, 0.1) is 0 Å². The quantitative estimate of drug-likeness (QED) is 0.698. The summed E-state index contributed by atoms with van der Waals surface area (Å²) in [6.45, 7) is 1.12. The summed E-state index contributed by atoms with van der Waals surface area (Å²) in [4.78, 5) is 4.69. The Hall–Kier alpha value is -2.11. The molecule has 0 fully saturated rings. The third-order valence-electron chi connectivity index (χ3n) is 3.41. The summed E-state index contributed by atoms with van der Waals surface area (Å²) in [6, 6.07) is 8.05. The number of nitrogens with zero attached hydrogens (tertiary/aromatic N) is 2. The van der Waals surface area contributed by atoms with E-state index in [4.69, 9.17) is 13.9 Å². The Bertz CT molecular complexity index is 730. The first-order chi connectivity index (χ1) is 10.3. The molecule has 3 aromatic rings. The highest BCUT2D eigenvalue weighted by Gasteiger charge is 2.10. The van der Waals surface area contributed by atoms with Crippen LogP contribution in [0.1, 0.15) is 5.82 Å². The highest BCUT2D eigenvalue weighted by molar-refractivity contribution is 5.82. The number of benzene rings is 1. The first-order valence-corrected chi connectivity index (χ1v) is 6.83. The van der Waals surface area contributed by atoms with Crippen molar-refractivity contribution >= 4 is 11.0 Å². The van der Waals surface area contributed by atoms with Gasteiger partial charge in [0.05, 0.1) is 18.6 Å². The van der Waals surface area contributed by atoms with E-state index >= 15 is 0 Å². The monoisotopic (exact) mass is 286 g/mol. The normalized spacial score (nSPS) is 11.3. The molecule has 0 unspecified atom stereocenters. The maximum absolute atomic E-state index is 5.45. The Morgan fingerprint density at radius 1 is 1.19 bits per heavy atom. The Morgan fingerprint density at radius 3 is 2.90 bits per heavy atom. The van der Waals surface area contributed by atoms with E-state index in [2.05, 4.69) is 11.1 Å². The van der Waals surface area contributed by atoms with E-state index in [-0.39, 0.29) is 0 Å². The first-order valence-electron chi connectivity index (χ1n) is 6.83. The third kappa shape index (κ3) is 2.84. The van der Waals surface area contributed by atoms with Gasteiger partial charge in [-0.05, 0) is 12.1 Å². The fourth-order valence-corrected chi connectivity index (χ4v) is 2.35. The van der Waals surface area contributed by atoms with Crippen molar-refractivity contribution in [2.24, 2.45) is 0 Å². The number of hydrogen-bond donors (Lipinski definition) is 0. The Morgan fingerprint density at radius 2 is 2.10 bits per heavy atom. The summed E-state index contributed by atoms with van der Waals surface area (Å²) in [5, 5.41) is 1.09. The van der Waals surface area contributed by atoms with Crippen LogP contribution in [0.15, 0.2) is 41.1 Å². The van der Waals surface area contributed by atoms with E-state index in [0.29, 0.717) is 13.3 Å². The van der Waals surface area contributed by atoms with Gasteiger partial charge in [-0.2, -0.15) is 0 Å². The van der Waals surface area contributed by atoms with E-state index in [0.717, 1.165) is 34.5 Å². The molecule has 0 radical (unpaired) electrons. The predicted molar refractivity (Wildman–Crippen MR) is 80.0 cm³/mol. The minimum Gasteiger partial charge on any atom is -0.464 e. The first kappa shape index (κ1) is 13.9. The maximum Gasteiger partial charge on any atom is 0.134 e. The van der Waals surface area contributed by atoms with Gasteiger partial charge in [0.25, 0.3) is 0 Å². The van der Waals surface area contributed by atoms with Crippen molar-refractivity contribution in [3.05, 3.63) is 42.5 Å². The number of ether oxygens (including phenoxy) is 2. The molecule has 2 heterocycles. The van der Waals surface area contributed by atoms with Gasteiger partial charge in [-0.15, -0.1) is 0 Å². The molecule has 0 amide bonds. The molecule has 0 bridgehead atoms. The molecule has 0 aliphatic carbocycles. The molecule has 0 atom stereocenters. The van der Waals surface area contributed by atoms with Gasteiger partial charge < -0.3 is 18.5 Å². The molecule has 0 aliphatic rings. The van der Waals surface area contributed by atoms with Crippen LogP contribution >= 0.6 is 0 Å². The van der Waals surface area contributed by atoms with Gasteiger partial charge in [0.15, 0.2) is 0 Å². The molecule has 21 heavy (non-hydrogen) atoms. The summed E-state index contributed by atoms with van der Waals surface area (Å²) in [5.41, 5.74) is 2.81. The van der Waals surface area contributed by atoms with Crippen molar-refractivity contribution in [2.45, 2.75) is 13.2 Å². The lowest BCUT2D eigenvalue weighted by Crippen LogP contribution is -2.07. The fourth-order valence-electron chi connectivity index (χ4n) is 2.35. The second-order valence-electron chi connectivity index (χ2n) is 4.85. The summed E-state index contributed by atoms with van der Waals surface area (Å²) in [6.07, 6.45) is 4.45. The van der Waals surface area contributed by atoms with Gasteiger partial charge in [0.1, 0.15) is 18.1 Å². The average molecular weight is 286 g/mol. The number of rotatable bonds is 6. The lowest BCUT2D eigenvalue weighted by Gasteiger charge is -2.04. The molecule has 0 N–H and O–H groups in total. The van der Waals surface area contributed by atoms with Crippen LogP contribution in [0.4, 0.5) is 0 Å². The van der Waals surface area contributed by atoms with Crippen LogP contribution in [0.25, 0.3) is 22.2 Å². The molecule has 0 aliphatic heterocycles. The molecule has 110 valence electrons. The highest BCUT2D eigenvalue weighted by atomic mass is 16.5. The molecule has 0 saturated heterocycles. The summed E-state index contributed by atoms with van der Waals surface area (Å²) < 4.78 is 17.8. The SMILES string of the molecule is COCCc1nc(-c2ccc3ccoc3c2)cn1COC.